The van der Waals surface area contributed by atoms with E-state index in [1.807, 2.05) is 125 Å². The van der Waals surface area contributed by atoms with Crippen LogP contribution >= 0.6 is 0 Å². The van der Waals surface area contributed by atoms with E-state index < -0.39 is 0 Å². The number of aliphatic hydroxyl groups is 7. The van der Waals surface area contributed by atoms with Crippen LogP contribution in [0.3, 0.4) is 0 Å². The Morgan fingerprint density at radius 3 is 0.591 bits per heavy atom. The second kappa shape index (κ2) is 203. The van der Waals surface area contributed by atoms with E-state index in [1.54, 1.807) is 7.05 Å². The monoisotopic (exact) mass is 2200 g/mol. The van der Waals surface area contributed by atoms with Gasteiger partial charge >= 0.3 is 136 Å². The number of hydrogen-bond acceptors (Lipinski definition) is 21. The molecule has 0 aliphatic rings. The van der Waals surface area contributed by atoms with Crippen molar-refractivity contribution in [2.75, 3.05) is 47.8 Å². The van der Waals surface area contributed by atoms with Gasteiger partial charge in [0.25, 0.3) is 0 Å². The van der Waals surface area contributed by atoms with Gasteiger partial charge in [-0.2, -0.15) is 47.8 Å². The summed E-state index contributed by atoms with van der Waals surface area (Å²) in [6, 6.07) is 2.35. The molecule has 0 aliphatic heterocycles. The molecule has 0 aliphatic carbocycles. The molecule has 0 aromatic rings. The third-order valence-corrected chi connectivity index (χ3v) is 13.6. The maximum atomic E-state index is 9.62. The molecule has 35 heteroatoms. The molecule has 0 saturated heterocycles. The van der Waals surface area contributed by atoms with Crippen LogP contribution in [0.1, 0.15) is 242 Å². The Morgan fingerprint density at radius 1 is 0.218 bits per heavy atom. The van der Waals surface area contributed by atoms with E-state index in [-0.39, 0.29) is 179 Å². The van der Waals surface area contributed by atoms with Crippen molar-refractivity contribution in [2.45, 2.75) is 327 Å². The smallest absolute Gasteiger partial charge is 0.662 e. The summed E-state index contributed by atoms with van der Waals surface area (Å²) >= 11 is 0. The minimum absolute atomic E-state index is 0. The zero-order valence-corrected chi connectivity index (χ0v) is 82.8. The van der Waals surface area contributed by atoms with Gasteiger partial charge in [0.15, 0.2) is 0 Å². The van der Waals surface area contributed by atoms with Gasteiger partial charge in [0.1, 0.15) is 0 Å². The average molecular weight is 2190 g/mol. The van der Waals surface area contributed by atoms with Gasteiger partial charge in [-0.15, -0.1) is 42.3 Å². The van der Waals surface area contributed by atoms with Crippen LogP contribution in [-0.4, -0.2) is 264 Å². The summed E-state index contributed by atoms with van der Waals surface area (Å²) < 4.78 is 0. The van der Waals surface area contributed by atoms with Crippen molar-refractivity contribution < 1.29 is 239 Å². The predicted octanol–water partition coefficient (Wildman–Crippen LogP) is 11.0. The van der Waals surface area contributed by atoms with E-state index in [2.05, 4.69) is 174 Å². The second-order valence-corrected chi connectivity index (χ2v) is 21.6. The van der Waals surface area contributed by atoms with Crippen LogP contribution in [0.15, 0.2) is 0 Å². The molecule has 667 valence electrons. The van der Waals surface area contributed by atoms with E-state index in [4.69, 9.17) is 72.2 Å². The average Bonchev–Trinajstić information content (AvgIpc) is 0.953. The van der Waals surface area contributed by atoms with Gasteiger partial charge in [0.05, 0.1) is 42.7 Å². The molecule has 0 heterocycles. The quantitative estimate of drug-likeness (QED) is 0.0174. The van der Waals surface area contributed by atoms with Gasteiger partial charge < -0.3 is 140 Å². The summed E-state index contributed by atoms with van der Waals surface area (Å²) in [5.41, 5.74) is 0. The van der Waals surface area contributed by atoms with Crippen LogP contribution in [0, 0.1) is 23.7 Å². The van der Waals surface area contributed by atoms with Crippen LogP contribution in [0.4, 0.5) is 0 Å². The number of nitrogens with zero attached hydrogens (tertiary/aromatic N) is 7. The number of carbonyl (C=O) groups excluding carboxylic acids is 14. The molecule has 14 unspecified atom stereocenters. The zero-order chi connectivity index (χ0) is 88.1. The van der Waals surface area contributed by atoms with Crippen molar-refractivity contribution in [1.29, 1.82) is 0 Å². The molecular formula is C75H150N7O21Ru7. The Hall–Kier alpha value is -0.816. The molecule has 14 atom stereocenters. The maximum absolute atomic E-state index is 9.62. The van der Waals surface area contributed by atoms with Crippen molar-refractivity contribution in [3.63, 3.8) is 0 Å². The third kappa shape index (κ3) is 208. The third-order valence-electron chi connectivity index (χ3n) is 13.6. The largest absolute Gasteiger partial charge is 3.00 e. The maximum Gasteiger partial charge on any atom is 3.00 e. The number of aliphatic hydroxyl groups excluding tert-OH is 7. The fraction of sp³-hybridized carbons (Fsp3) is 0.813. The Kier molecular flexibility index (Phi) is 358. The first-order valence-electron chi connectivity index (χ1n) is 33.5. The molecule has 110 heavy (non-hydrogen) atoms. The van der Waals surface area contributed by atoms with Crippen molar-refractivity contribution in [2.24, 2.45) is 23.7 Å². The van der Waals surface area contributed by atoms with Crippen molar-refractivity contribution >= 4 is 95.0 Å². The number of rotatable bonds is 36. The van der Waals surface area contributed by atoms with Crippen molar-refractivity contribution in [3.05, 3.63) is 37.2 Å². The van der Waals surface area contributed by atoms with E-state index >= 15 is 0 Å². The van der Waals surface area contributed by atoms with Crippen LogP contribution in [-0.2, 0) is 203 Å². The van der Waals surface area contributed by atoms with Gasteiger partial charge in [-0.1, -0.05) is 177 Å². The van der Waals surface area contributed by atoms with Gasteiger partial charge in [-0.3, -0.25) is 95.0 Å². The van der Waals surface area contributed by atoms with Crippen LogP contribution in [0.5, 0.6) is 0 Å². The van der Waals surface area contributed by atoms with Gasteiger partial charge in [-0.05, 0) is 88.4 Å². The molecule has 0 bridgehead atoms. The Bertz CT molecular complexity index is 1290. The molecule has 7 N–H and O–H groups in total. The summed E-state index contributed by atoms with van der Waals surface area (Å²) in [5, 5.41) is 95.2. The van der Waals surface area contributed by atoms with E-state index in [0.717, 1.165) is 116 Å². The predicted molar refractivity (Wildman–Crippen MR) is 427 cm³/mol. The normalized spacial score (nSPS) is 12.0. The fourth-order valence-corrected chi connectivity index (χ4v) is 7.04. The molecule has 0 aromatic heterocycles. The summed E-state index contributed by atoms with van der Waals surface area (Å²) in [6.07, 6.45) is 12.0. The summed E-state index contributed by atoms with van der Waals surface area (Å²) in [6.45, 7) is 91.2. The SMILES string of the molecule is CCC(CC(O)C(C)C)[N-]C.CCC(O)CC(C)[N-]C.CCC(O)CC(CC)[N-]C.CC[N-]C(C)CC(O)CC.CC[N-]C(CC)CC(O)C(C)C.CC[N-]C(CC)CC(O)CC.C[N-]C(CC(O)C(C)C)C(C)C.[CH-]=O.[CH-]=O.[CH-]=O.[CH-]=O.[CH-]=O.[CH-]=O.[CH-]=O.[CH-]=O.[CH-]=O.[CH-]=O.[CH-]=O.[CH-]=O.[CH-]=O.[CH-]=O.[Ru+3].[Ru+3].[Ru+3].[Ru+3].[Ru+3].[Ru+3].[Ru+3]. The Morgan fingerprint density at radius 2 is 0.409 bits per heavy atom. The van der Waals surface area contributed by atoms with Crippen LogP contribution in [0.25, 0.3) is 37.2 Å². The first kappa shape index (κ1) is 194. The van der Waals surface area contributed by atoms with Crippen molar-refractivity contribution in [3.8, 4) is 0 Å². The molecular weight excluding hydrogens is 2040 g/mol. The van der Waals surface area contributed by atoms with Crippen LogP contribution < -0.4 is 0 Å². The van der Waals surface area contributed by atoms with Crippen molar-refractivity contribution in [1.82, 2.24) is 0 Å². The second-order valence-electron chi connectivity index (χ2n) is 21.6. The summed E-state index contributed by atoms with van der Waals surface area (Å²) in [4.78, 5) is 108. The molecule has 0 amide bonds. The first-order chi connectivity index (χ1) is 49.1. The molecule has 0 spiro atoms. The molecule has 0 aromatic carbocycles. The molecule has 0 saturated carbocycles. The van der Waals surface area contributed by atoms with E-state index in [1.165, 1.54) is 0 Å². The minimum Gasteiger partial charge on any atom is -0.662 e. The Labute approximate surface area is 763 Å². The van der Waals surface area contributed by atoms with Gasteiger partial charge in [0.2, 0.25) is 0 Å². The summed E-state index contributed by atoms with van der Waals surface area (Å²) in [7, 11) is 7.25. The molecule has 0 fully saturated rings. The molecule has 0 rings (SSSR count). The molecule has 28 nitrogen and oxygen atoms in total. The Balaban J connectivity index is -0.0000000257. The fourth-order valence-electron chi connectivity index (χ4n) is 7.04. The first-order valence-corrected chi connectivity index (χ1v) is 33.5. The summed E-state index contributed by atoms with van der Waals surface area (Å²) in [5.74, 6) is 1.58. The van der Waals surface area contributed by atoms with Crippen LogP contribution in [0.2, 0.25) is 0 Å². The van der Waals surface area contributed by atoms with Gasteiger partial charge in [-0.25, -0.2) is 0 Å². The zero-order valence-electron chi connectivity index (χ0n) is 70.7. The molecule has 7 radical (unpaired) electrons. The number of hydrogen-bond donors (Lipinski definition) is 7. The minimum atomic E-state index is -0.207. The van der Waals surface area contributed by atoms with E-state index in [0.29, 0.717) is 66.0 Å². The topological polar surface area (TPSA) is 479 Å². The standard InChI is InChI=1S/2C10H22NO.2C9H20NO.2C8H18NO.C7H16NO.14CHO.7Ru/c1-7(2)9(11-5)6-10(12)8(3)4;1-5-9(11-6-2)7-10(12)8(3)4;1-5-8(10-4)6-9(11)7(2)3;1-4-8(10-6-3)7-9(11)5-2;1-4-7(9-3)6-8(10)5-2;1-4-8(10)6-7(3)9-5-2;1-4-7(9)5-6(2)8-3;14*1-2;;;;;;;/h7-10,12H,6H2,1-5H3;8-10,12H,5-7H2,1-4H3;7-9,11H,5-6H2,1-4H3;8-9,11H,4-7H2,1-3H3;2*7-8,10H,4-6H2,1-3H3;6-7,9H,4-5H2,1-3H3;14*1H;;;;;;;/q21*-1;7*+3. The van der Waals surface area contributed by atoms with Gasteiger partial charge in [0, 0.05) is 0 Å². The van der Waals surface area contributed by atoms with E-state index in [9.17, 15) is 30.6 Å².